The van der Waals surface area contributed by atoms with Crippen molar-refractivity contribution in [2.24, 2.45) is 4.99 Å². The second kappa shape index (κ2) is 9.93. The molecule has 0 bridgehead atoms. The lowest BCUT2D eigenvalue weighted by atomic mass is 10.3. The van der Waals surface area contributed by atoms with E-state index in [0.717, 1.165) is 17.3 Å². The summed E-state index contributed by atoms with van der Waals surface area (Å²) in [5.41, 5.74) is 0. The van der Waals surface area contributed by atoms with Crippen molar-refractivity contribution >= 4 is 17.6 Å². The lowest BCUT2D eigenvalue weighted by molar-refractivity contribution is -0.00531. The molecule has 0 rings (SSSR count). The average Bonchev–Trinajstić information content (AvgIpc) is 2.22. The Morgan fingerprint density at radius 2 is 2.12 bits per heavy atom. The Kier molecular flexibility index (Phi) is 9.77. The molecule has 0 aromatic carbocycles. The average molecular weight is 248 g/mol. The largest absolute Gasteiger partial charge is 0.371 e. The zero-order valence-corrected chi connectivity index (χ0v) is 11.5. The Morgan fingerprint density at radius 3 is 2.62 bits per heavy atom. The Bertz CT molecular complexity index is 198. The van der Waals surface area contributed by atoms with E-state index in [4.69, 9.17) is 9.84 Å². The van der Waals surface area contributed by atoms with Crippen LogP contribution in [0.5, 0.6) is 0 Å². The van der Waals surface area contributed by atoms with Crippen molar-refractivity contribution < 1.29 is 9.84 Å². The van der Waals surface area contributed by atoms with Gasteiger partial charge in [-0.1, -0.05) is 6.92 Å². The molecule has 4 nitrogen and oxygen atoms in total. The third-order valence-corrected chi connectivity index (χ3v) is 2.61. The number of rotatable bonds is 8. The van der Waals surface area contributed by atoms with E-state index in [0.29, 0.717) is 12.6 Å². The molecule has 0 saturated carbocycles. The smallest absolute Gasteiger partial charge is 0.143 e. The summed E-state index contributed by atoms with van der Waals surface area (Å²) in [6, 6.07) is 0.466. The summed E-state index contributed by atoms with van der Waals surface area (Å²) in [5.74, 6) is 2.99. The number of nitrogens with zero attached hydrogens (tertiary/aromatic N) is 1. The molecule has 0 aliphatic carbocycles. The molecule has 0 aliphatic rings. The number of aliphatic imine (C=N–C) groups is 1. The van der Waals surface area contributed by atoms with Gasteiger partial charge in [-0.2, -0.15) is 11.8 Å². The highest BCUT2D eigenvalue weighted by Crippen LogP contribution is 2.01. The van der Waals surface area contributed by atoms with E-state index in [2.05, 4.69) is 31.1 Å². The van der Waals surface area contributed by atoms with Crippen LogP contribution in [0.3, 0.4) is 0 Å². The van der Waals surface area contributed by atoms with Crippen molar-refractivity contribution in [1.29, 1.82) is 0 Å². The second-order valence-electron chi connectivity index (χ2n) is 3.86. The van der Waals surface area contributed by atoms with Crippen LogP contribution in [0.25, 0.3) is 0 Å². The fourth-order valence-electron chi connectivity index (χ4n) is 1.17. The molecular weight excluding hydrogens is 224 g/mol. The molecule has 0 aromatic rings. The fourth-order valence-corrected chi connectivity index (χ4v) is 1.73. The lowest BCUT2D eigenvalue weighted by Gasteiger charge is -2.15. The Hall–Kier alpha value is -0.260. The topological polar surface area (TPSA) is 53.9 Å². The molecule has 5 heteroatoms. The first-order chi connectivity index (χ1) is 7.60. The summed E-state index contributed by atoms with van der Waals surface area (Å²) in [4.78, 5) is 4.54. The van der Waals surface area contributed by atoms with Crippen LogP contribution in [0.4, 0.5) is 0 Å². The summed E-state index contributed by atoms with van der Waals surface area (Å²) in [6.45, 7) is 8.53. The molecule has 16 heavy (non-hydrogen) atoms. The standard InChI is InChI=1S/C11H24N2O2S/c1-5-16-7-11(12-9(2)3)13-10(4)6-15-8-14/h9-10,14H,5-8H2,1-4H3,(H,12,13)/t10-/m1/s1. The van der Waals surface area contributed by atoms with E-state index in [-0.39, 0.29) is 12.8 Å². The van der Waals surface area contributed by atoms with Crippen molar-refractivity contribution in [1.82, 2.24) is 5.32 Å². The minimum absolute atomic E-state index is 0.0749. The van der Waals surface area contributed by atoms with Gasteiger partial charge in [-0.05, 0) is 26.5 Å². The van der Waals surface area contributed by atoms with Crippen LogP contribution in [-0.4, -0.2) is 47.9 Å². The number of hydrogen-bond donors (Lipinski definition) is 2. The van der Waals surface area contributed by atoms with Crippen LogP contribution in [0.2, 0.25) is 0 Å². The third kappa shape index (κ3) is 9.00. The van der Waals surface area contributed by atoms with Crippen molar-refractivity contribution in [3.63, 3.8) is 0 Å². The van der Waals surface area contributed by atoms with Gasteiger partial charge in [0.25, 0.3) is 0 Å². The summed E-state index contributed by atoms with van der Waals surface area (Å²) in [5, 5.41) is 11.9. The van der Waals surface area contributed by atoms with Gasteiger partial charge >= 0.3 is 0 Å². The second-order valence-corrected chi connectivity index (χ2v) is 5.14. The first-order valence-corrected chi connectivity index (χ1v) is 6.85. The van der Waals surface area contributed by atoms with Gasteiger partial charge in [-0.3, -0.25) is 4.99 Å². The SMILES string of the molecule is CCSCC(=N[C@H](C)COCO)NC(C)C. The van der Waals surface area contributed by atoms with Gasteiger partial charge in [0.15, 0.2) is 0 Å². The molecule has 0 saturated heterocycles. The molecule has 0 radical (unpaired) electrons. The molecule has 0 unspecified atom stereocenters. The predicted molar refractivity (Wildman–Crippen MR) is 71.2 cm³/mol. The van der Waals surface area contributed by atoms with Crippen molar-refractivity contribution in [2.75, 3.05) is 24.9 Å². The van der Waals surface area contributed by atoms with Crippen LogP contribution in [0.15, 0.2) is 4.99 Å². The highest BCUT2D eigenvalue weighted by Gasteiger charge is 2.05. The van der Waals surface area contributed by atoms with Gasteiger partial charge in [-0.15, -0.1) is 0 Å². The summed E-state index contributed by atoms with van der Waals surface area (Å²) >= 11 is 1.84. The van der Waals surface area contributed by atoms with Crippen LogP contribution in [0, 0.1) is 0 Å². The lowest BCUT2D eigenvalue weighted by Crippen LogP contribution is -2.33. The number of nitrogens with one attached hydrogen (secondary N) is 1. The maximum Gasteiger partial charge on any atom is 0.143 e. The van der Waals surface area contributed by atoms with Crippen molar-refractivity contribution in [3.8, 4) is 0 Å². The van der Waals surface area contributed by atoms with Crippen LogP contribution in [0.1, 0.15) is 27.7 Å². The van der Waals surface area contributed by atoms with Gasteiger partial charge in [0.1, 0.15) is 12.6 Å². The molecular formula is C11H24N2O2S. The predicted octanol–water partition coefficient (Wildman–Crippen LogP) is 1.49. The van der Waals surface area contributed by atoms with Gasteiger partial charge in [0, 0.05) is 6.04 Å². The fraction of sp³-hybridized carbons (Fsp3) is 0.909. The van der Waals surface area contributed by atoms with Gasteiger partial charge in [0.05, 0.1) is 18.4 Å². The van der Waals surface area contributed by atoms with Gasteiger partial charge in [-0.25, -0.2) is 0 Å². The van der Waals surface area contributed by atoms with Crippen LogP contribution in [-0.2, 0) is 4.74 Å². The molecule has 1 atom stereocenters. The maximum absolute atomic E-state index is 8.55. The number of ether oxygens (including phenoxy) is 1. The Balaban J connectivity index is 4.17. The number of amidine groups is 1. The summed E-state index contributed by atoms with van der Waals surface area (Å²) in [7, 11) is 0. The van der Waals surface area contributed by atoms with E-state index >= 15 is 0 Å². The molecule has 2 N–H and O–H groups in total. The first kappa shape index (κ1) is 15.7. The van der Waals surface area contributed by atoms with E-state index in [1.807, 2.05) is 18.7 Å². The molecule has 0 spiro atoms. The maximum atomic E-state index is 8.55. The highest BCUT2D eigenvalue weighted by molar-refractivity contribution is 7.99. The molecule has 0 amide bonds. The molecule has 0 aromatic heterocycles. The molecule has 0 heterocycles. The number of aliphatic hydroxyl groups excluding tert-OH is 1. The minimum Gasteiger partial charge on any atom is -0.371 e. The first-order valence-electron chi connectivity index (χ1n) is 5.69. The van der Waals surface area contributed by atoms with E-state index in [9.17, 15) is 0 Å². The van der Waals surface area contributed by atoms with Crippen LogP contribution >= 0.6 is 11.8 Å². The van der Waals surface area contributed by atoms with E-state index in [1.165, 1.54) is 0 Å². The molecule has 0 aliphatic heterocycles. The summed E-state index contributed by atoms with van der Waals surface area (Å²) < 4.78 is 4.92. The zero-order chi connectivity index (χ0) is 12.4. The summed E-state index contributed by atoms with van der Waals surface area (Å²) in [6.07, 6.45) is 0. The zero-order valence-electron chi connectivity index (χ0n) is 10.7. The van der Waals surface area contributed by atoms with Crippen LogP contribution < -0.4 is 5.32 Å². The molecule has 0 fully saturated rings. The highest BCUT2D eigenvalue weighted by atomic mass is 32.2. The van der Waals surface area contributed by atoms with Crippen molar-refractivity contribution in [2.45, 2.75) is 39.8 Å². The monoisotopic (exact) mass is 248 g/mol. The van der Waals surface area contributed by atoms with E-state index in [1.54, 1.807) is 0 Å². The normalized spacial score (nSPS) is 14.2. The number of aliphatic hydroxyl groups is 1. The van der Waals surface area contributed by atoms with Gasteiger partial charge < -0.3 is 15.2 Å². The Labute approximate surface area is 103 Å². The Morgan fingerprint density at radius 1 is 1.44 bits per heavy atom. The van der Waals surface area contributed by atoms with Crippen molar-refractivity contribution in [3.05, 3.63) is 0 Å². The third-order valence-electron chi connectivity index (χ3n) is 1.72. The quantitative estimate of drug-likeness (QED) is 0.388. The molecule has 96 valence electrons. The number of thioether (sulfide) groups is 1. The van der Waals surface area contributed by atoms with Gasteiger partial charge in [0.2, 0.25) is 0 Å². The van der Waals surface area contributed by atoms with E-state index < -0.39 is 0 Å². The number of hydrogen-bond acceptors (Lipinski definition) is 4. The minimum atomic E-state index is -0.240.